The molecule has 1 aromatic rings. The van der Waals surface area contributed by atoms with Gasteiger partial charge in [-0.2, -0.15) is 0 Å². The number of allylic oxidation sites excluding steroid dienone is 2. The highest BCUT2D eigenvalue weighted by Crippen LogP contribution is 2.26. The Hall–Kier alpha value is -1.74. The number of ether oxygens (including phenoxy) is 3. The molecule has 2 aliphatic rings. The number of hydrogen-bond acceptors (Lipinski definition) is 3. The first-order valence-corrected chi connectivity index (χ1v) is 6.73. The van der Waals surface area contributed by atoms with E-state index in [1.54, 1.807) is 0 Å². The summed E-state index contributed by atoms with van der Waals surface area (Å²) < 4.78 is 17.2. The Kier molecular flexibility index (Phi) is 3.84. The smallest absolute Gasteiger partial charge is 0.157 e. The van der Waals surface area contributed by atoms with E-state index in [4.69, 9.17) is 14.2 Å². The van der Waals surface area contributed by atoms with E-state index in [-0.39, 0.29) is 6.10 Å². The maximum atomic E-state index is 5.87. The summed E-state index contributed by atoms with van der Waals surface area (Å²) in [4.78, 5) is 0. The van der Waals surface area contributed by atoms with Crippen LogP contribution in [0.5, 0.6) is 0 Å². The van der Waals surface area contributed by atoms with Crippen molar-refractivity contribution in [2.24, 2.45) is 0 Å². The maximum absolute atomic E-state index is 5.87. The van der Waals surface area contributed by atoms with E-state index in [9.17, 15) is 0 Å². The maximum Gasteiger partial charge on any atom is 0.157 e. The molecule has 0 bridgehead atoms. The second kappa shape index (κ2) is 5.93. The first-order chi connectivity index (χ1) is 9.42. The highest BCUT2D eigenvalue weighted by molar-refractivity contribution is 5.25. The summed E-state index contributed by atoms with van der Waals surface area (Å²) in [5.74, 6) is 1.77. The molecule has 1 fully saturated rings. The van der Waals surface area contributed by atoms with Crippen LogP contribution in [0.25, 0.3) is 0 Å². The third-order valence-electron chi connectivity index (χ3n) is 3.20. The van der Waals surface area contributed by atoms with Crippen molar-refractivity contribution in [3.05, 3.63) is 59.6 Å². The van der Waals surface area contributed by atoms with Crippen molar-refractivity contribution in [3.63, 3.8) is 0 Å². The van der Waals surface area contributed by atoms with Crippen LogP contribution in [0.1, 0.15) is 18.4 Å². The Morgan fingerprint density at radius 3 is 2.68 bits per heavy atom. The van der Waals surface area contributed by atoms with Crippen LogP contribution in [-0.4, -0.2) is 19.3 Å². The topological polar surface area (TPSA) is 27.7 Å². The summed E-state index contributed by atoms with van der Waals surface area (Å²) in [6.45, 7) is 1.74. The van der Waals surface area contributed by atoms with Gasteiger partial charge in [-0.3, -0.25) is 0 Å². The van der Waals surface area contributed by atoms with E-state index in [2.05, 4.69) is 24.3 Å². The number of rotatable bonds is 4. The molecule has 0 unspecified atom stereocenters. The highest BCUT2D eigenvalue weighted by atomic mass is 16.6. The SMILES string of the molecule is C1=C2OC[C@@H](COCc3ccccc3)OC2=CCC1. The number of benzene rings is 1. The molecule has 0 amide bonds. The van der Waals surface area contributed by atoms with Crippen molar-refractivity contribution in [2.75, 3.05) is 13.2 Å². The number of fused-ring (bicyclic) bond motifs is 1. The first kappa shape index (κ1) is 12.3. The predicted molar refractivity (Wildman–Crippen MR) is 72.3 cm³/mol. The van der Waals surface area contributed by atoms with Crippen LogP contribution >= 0.6 is 0 Å². The van der Waals surface area contributed by atoms with Gasteiger partial charge in [0.15, 0.2) is 17.6 Å². The molecule has 0 N–H and O–H groups in total. The Morgan fingerprint density at radius 1 is 1.05 bits per heavy atom. The van der Waals surface area contributed by atoms with Gasteiger partial charge in [0.1, 0.15) is 6.61 Å². The van der Waals surface area contributed by atoms with Crippen molar-refractivity contribution >= 4 is 0 Å². The molecule has 0 radical (unpaired) electrons. The summed E-state index contributed by atoms with van der Waals surface area (Å²) in [5.41, 5.74) is 1.18. The first-order valence-electron chi connectivity index (χ1n) is 6.73. The zero-order chi connectivity index (χ0) is 12.9. The molecule has 1 heterocycles. The summed E-state index contributed by atoms with van der Waals surface area (Å²) in [7, 11) is 0. The molecular formula is C16H18O3. The minimum Gasteiger partial charge on any atom is -0.486 e. The summed E-state index contributed by atoms with van der Waals surface area (Å²) in [6, 6.07) is 10.2. The van der Waals surface area contributed by atoms with Gasteiger partial charge in [-0.15, -0.1) is 0 Å². The Bertz CT molecular complexity index is 476. The van der Waals surface area contributed by atoms with Gasteiger partial charge in [-0.05, 0) is 30.6 Å². The molecule has 0 saturated carbocycles. The van der Waals surface area contributed by atoms with E-state index in [1.807, 2.05) is 18.2 Å². The molecule has 0 aromatic heterocycles. The zero-order valence-electron chi connectivity index (χ0n) is 10.9. The summed E-state index contributed by atoms with van der Waals surface area (Å²) in [6.07, 6.45) is 6.25. The zero-order valence-corrected chi connectivity index (χ0v) is 10.9. The van der Waals surface area contributed by atoms with Crippen LogP contribution in [0.15, 0.2) is 54.0 Å². The van der Waals surface area contributed by atoms with E-state index >= 15 is 0 Å². The lowest BCUT2D eigenvalue weighted by molar-refractivity contribution is -0.0575. The fraction of sp³-hybridized carbons (Fsp3) is 0.375. The average Bonchev–Trinajstić information content (AvgIpc) is 2.48. The standard InChI is InChI=1S/C16H18O3/c1-2-6-13(7-3-1)10-17-11-14-12-18-15-8-4-5-9-16(15)19-14/h1-3,6-9,14H,4-5,10-12H2/t14-/m1/s1. The van der Waals surface area contributed by atoms with E-state index < -0.39 is 0 Å². The molecule has 19 heavy (non-hydrogen) atoms. The van der Waals surface area contributed by atoms with Crippen molar-refractivity contribution in [3.8, 4) is 0 Å². The van der Waals surface area contributed by atoms with Crippen molar-refractivity contribution in [2.45, 2.75) is 25.6 Å². The molecule has 100 valence electrons. The fourth-order valence-corrected chi connectivity index (χ4v) is 2.23. The molecular weight excluding hydrogens is 240 g/mol. The van der Waals surface area contributed by atoms with Gasteiger partial charge in [0.05, 0.1) is 13.2 Å². The van der Waals surface area contributed by atoms with Crippen LogP contribution in [0.2, 0.25) is 0 Å². The molecule has 1 atom stereocenters. The molecule has 1 saturated heterocycles. The van der Waals surface area contributed by atoms with Gasteiger partial charge >= 0.3 is 0 Å². The molecule has 0 spiro atoms. The lowest BCUT2D eigenvalue weighted by Gasteiger charge is -2.29. The molecule has 1 aromatic carbocycles. The monoisotopic (exact) mass is 258 g/mol. The van der Waals surface area contributed by atoms with Gasteiger partial charge in [0, 0.05) is 0 Å². The Balaban J connectivity index is 1.47. The normalized spacial score (nSPS) is 21.6. The molecule has 3 nitrogen and oxygen atoms in total. The highest BCUT2D eigenvalue weighted by Gasteiger charge is 2.24. The van der Waals surface area contributed by atoms with Gasteiger partial charge in [0.2, 0.25) is 0 Å². The third kappa shape index (κ3) is 3.18. The van der Waals surface area contributed by atoms with E-state index in [1.165, 1.54) is 5.56 Å². The quantitative estimate of drug-likeness (QED) is 0.830. The van der Waals surface area contributed by atoms with Gasteiger partial charge < -0.3 is 14.2 Å². The van der Waals surface area contributed by atoms with Crippen LogP contribution in [0.3, 0.4) is 0 Å². The minimum atomic E-state index is -0.00906. The van der Waals surface area contributed by atoms with Crippen molar-refractivity contribution < 1.29 is 14.2 Å². The largest absolute Gasteiger partial charge is 0.486 e. The Morgan fingerprint density at radius 2 is 1.84 bits per heavy atom. The van der Waals surface area contributed by atoms with Gasteiger partial charge in [0.25, 0.3) is 0 Å². The summed E-state index contributed by atoms with van der Waals surface area (Å²) >= 11 is 0. The lowest BCUT2D eigenvalue weighted by atomic mass is 10.1. The molecule has 3 rings (SSSR count). The van der Waals surface area contributed by atoms with Crippen LogP contribution in [0.4, 0.5) is 0 Å². The minimum absolute atomic E-state index is 0.00906. The van der Waals surface area contributed by atoms with E-state index in [0.29, 0.717) is 19.8 Å². The van der Waals surface area contributed by atoms with Gasteiger partial charge in [-0.25, -0.2) is 0 Å². The van der Waals surface area contributed by atoms with Crippen LogP contribution in [-0.2, 0) is 20.8 Å². The van der Waals surface area contributed by atoms with Crippen molar-refractivity contribution in [1.29, 1.82) is 0 Å². The molecule has 1 aliphatic carbocycles. The second-order valence-corrected chi connectivity index (χ2v) is 4.77. The molecule has 3 heteroatoms. The Labute approximate surface area is 113 Å². The second-order valence-electron chi connectivity index (χ2n) is 4.77. The third-order valence-corrected chi connectivity index (χ3v) is 3.20. The van der Waals surface area contributed by atoms with Crippen molar-refractivity contribution in [1.82, 2.24) is 0 Å². The summed E-state index contributed by atoms with van der Waals surface area (Å²) in [5, 5.41) is 0. The van der Waals surface area contributed by atoms with E-state index in [0.717, 1.165) is 24.4 Å². The molecule has 1 aliphatic heterocycles. The average molecular weight is 258 g/mol. The number of hydrogen-bond donors (Lipinski definition) is 0. The predicted octanol–water partition coefficient (Wildman–Crippen LogP) is 3.18. The lowest BCUT2D eigenvalue weighted by Crippen LogP contribution is -2.31. The van der Waals surface area contributed by atoms with Crippen LogP contribution < -0.4 is 0 Å². The fourth-order valence-electron chi connectivity index (χ4n) is 2.23. The van der Waals surface area contributed by atoms with Gasteiger partial charge in [-0.1, -0.05) is 30.3 Å². The van der Waals surface area contributed by atoms with Crippen LogP contribution in [0, 0.1) is 0 Å².